The molecular formula is C25H19N3OS2. The Bertz CT molecular complexity index is 1330. The van der Waals surface area contributed by atoms with Gasteiger partial charge in [-0.1, -0.05) is 36.4 Å². The molecule has 2 aromatic heterocycles. The number of para-hydroxylation sites is 2. The highest BCUT2D eigenvalue weighted by atomic mass is 32.2. The first-order valence-corrected chi connectivity index (χ1v) is 11.8. The number of nitrogens with zero attached hydrogens (tertiary/aromatic N) is 2. The van der Waals surface area contributed by atoms with Crippen molar-refractivity contribution in [1.82, 2.24) is 9.97 Å². The molecule has 4 nitrogen and oxygen atoms in total. The van der Waals surface area contributed by atoms with Crippen molar-refractivity contribution in [2.45, 2.75) is 11.4 Å². The number of fused-ring (bicyclic) bond motifs is 2. The summed E-state index contributed by atoms with van der Waals surface area (Å²) in [5, 5.41) is 6.02. The molecule has 0 saturated carbocycles. The maximum absolute atomic E-state index is 12.3. The van der Waals surface area contributed by atoms with Gasteiger partial charge in [-0.3, -0.25) is 4.79 Å². The number of anilines is 1. The lowest BCUT2D eigenvalue weighted by Gasteiger charge is -2.06. The summed E-state index contributed by atoms with van der Waals surface area (Å²) in [4.78, 5) is 21.7. The highest BCUT2D eigenvalue weighted by Gasteiger charge is 2.08. The summed E-state index contributed by atoms with van der Waals surface area (Å²) in [6.07, 6.45) is 0.429. The van der Waals surface area contributed by atoms with Gasteiger partial charge in [0.1, 0.15) is 5.01 Å². The number of aromatic nitrogens is 2. The Balaban J connectivity index is 1.16. The average molecular weight is 442 g/mol. The van der Waals surface area contributed by atoms with Crippen molar-refractivity contribution in [2.24, 2.45) is 0 Å². The summed E-state index contributed by atoms with van der Waals surface area (Å²) < 4.78 is 1.17. The maximum atomic E-state index is 12.3. The second-order valence-electron chi connectivity index (χ2n) is 7.05. The molecular weight excluding hydrogens is 422 g/mol. The molecule has 31 heavy (non-hydrogen) atoms. The van der Waals surface area contributed by atoms with Gasteiger partial charge in [0.2, 0.25) is 5.91 Å². The van der Waals surface area contributed by atoms with Gasteiger partial charge in [0, 0.05) is 28.8 Å². The minimum atomic E-state index is 0.000950. The number of carbonyl (C=O) groups excluding carboxylic acids is 1. The van der Waals surface area contributed by atoms with Gasteiger partial charge in [-0.25, -0.2) is 9.97 Å². The largest absolute Gasteiger partial charge is 0.326 e. The normalized spacial score (nSPS) is 11.1. The average Bonchev–Trinajstić information content (AvgIpc) is 3.24. The van der Waals surface area contributed by atoms with Crippen LogP contribution in [0.4, 0.5) is 5.69 Å². The molecule has 0 fully saturated rings. The number of rotatable bonds is 6. The lowest BCUT2D eigenvalue weighted by atomic mass is 10.2. The fraction of sp³-hybridized carbons (Fsp3) is 0.0800. The Morgan fingerprint density at radius 3 is 2.45 bits per heavy atom. The van der Waals surface area contributed by atoms with E-state index in [9.17, 15) is 4.79 Å². The first-order valence-electron chi connectivity index (χ1n) is 9.99. The number of carbonyl (C=O) groups is 1. The van der Waals surface area contributed by atoms with Gasteiger partial charge < -0.3 is 5.32 Å². The maximum Gasteiger partial charge on any atom is 0.225 e. The van der Waals surface area contributed by atoms with E-state index in [1.165, 1.54) is 4.70 Å². The van der Waals surface area contributed by atoms with E-state index in [0.717, 1.165) is 37.7 Å². The van der Waals surface area contributed by atoms with Gasteiger partial charge >= 0.3 is 0 Å². The summed E-state index contributed by atoms with van der Waals surface area (Å²) in [6, 6.07) is 28.1. The Morgan fingerprint density at radius 2 is 1.61 bits per heavy atom. The summed E-state index contributed by atoms with van der Waals surface area (Å²) in [5.74, 6) is 0.682. The summed E-state index contributed by atoms with van der Waals surface area (Å²) in [5.41, 5.74) is 3.84. The van der Waals surface area contributed by atoms with E-state index in [4.69, 9.17) is 0 Å². The molecule has 0 unspecified atom stereocenters. The van der Waals surface area contributed by atoms with Crippen LogP contribution in [0.3, 0.4) is 0 Å². The number of hydrogen-bond donors (Lipinski definition) is 1. The third-order valence-corrected chi connectivity index (χ3v) is 6.88. The van der Waals surface area contributed by atoms with Gasteiger partial charge in [0.05, 0.1) is 20.8 Å². The second kappa shape index (κ2) is 8.88. The molecule has 3 aromatic carbocycles. The predicted molar refractivity (Wildman–Crippen MR) is 131 cm³/mol. The van der Waals surface area contributed by atoms with Crippen molar-refractivity contribution >= 4 is 55.8 Å². The van der Waals surface area contributed by atoms with Crippen LogP contribution >= 0.6 is 23.1 Å². The minimum Gasteiger partial charge on any atom is -0.326 e. The molecule has 0 aliphatic rings. The van der Waals surface area contributed by atoms with Crippen molar-refractivity contribution in [3.63, 3.8) is 0 Å². The molecule has 0 bridgehead atoms. The van der Waals surface area contributed by atoms with Crippen LogP contribution < -0.4 is 5.32 Å². The van der Waals surface area contributed by atoms with Crippen LogP contribution in [0.1, 0.15) is 6.42 Å². The predicted octanol–water partition coefficient (Wildman–Crippen LogP) is 6.63. The van der Waals surface area contributed by atoms with Crippen LogP contribution in [0, 0.1) is 0 Å². The van der Waals surface area contributed by atoms with Crippen LogP contribution in [0.5, 0.6) is 0 Å². The molecule has 0 radical (unpaired) electrons. The summed E-state index contributed by atoms with van der Waals surface area (Å²) >= 11 is 3.27. The Hall–Kier alpha value is -3.22. The quantitative estimate of drug-likeness (QED) is 0.300. The lowest BCUT2D eigenvalue weighted by molar-refractivity contribution is -0.115. The minimum absolute atomic E-state index is 0.000950. The highest BCUT2D eigenvalue weighted by molar-refractivity contribution is 7.99. The number of amides is 1. The van der Waals surface area contributed by atoms with E-state index in [1.54, 1.807) is 23.1 Å². The molecule has 0 atom stereocenters. The van der Waals surface area contributed by atoms with Gasteiger partial charge in [0.25, 0.3) is 0 Å². The van der Waals surface area contributed by atoms with Crippen LogP contribution in [-0.2, 0) is 4.79 Å². The van der Waals surface area contributed by atoms with Gasteiger partial charge in [-0.15, -0.1) is 23.1 Å². The summed E-state index contributed by atoms with van der Waals surface area (Å²) in [6.45, 7) is 0. The van der Waals surface area contributed by atoms with Crippen molar-refractivity contribution in [2.75, 3.05) is 11.1 Å². The fourth-order valence-electron chi connectivity index (χ4n) is 3.29. The molecule has 0 aliphatic carbocycles. The lowest BCUT2D eigenvalue weighted by Crippen LogP contribution is -2.12. The Morgan fingerprint density at radius 1 is 0.839 bits per heavy atom. The van der Waals surface area contributed by atoms with Crippen molar-refractivity contribution < 1.29 is 4.79 Å². The van der Waals surface area contributed by atoms with Crippen LogP contribution in [0.25, 0.3) is 31.7 Å². The Kier molecular flexibility index (Phi) is 5.65. The van der Waals surface area contributed by atoms with E-state index in [-0.39, 0.29) is 5.91 Å². The SMILES string of the molecule is O=C(CCSc1ccc2ccccc2n1)Nc1ccc(-c2nc3ccccc3s2)cc1. The monoisotopic (exact) mass is 441 g/mol. The van der Waals surface area contributed by atoms with Crippen LogP contribution in [-0.4, -0.2) is 21.6 Å². The van der Waals surface area contributed by atoms with Crippen LogP contribution in [0.2, 0.25) is 0 Å². The van der Waals surface area contributed by atoms with Crippen LogP contribution in [0.15, 0.2) is 90.0 Å². The van der Waals surface area contributed by atoms with Gasteiger partial charge in [-0.2, -0.15) is 0 Å². The van der Waals surface area contributed by atoms with E-state index in [1.807, 2.05) is 72.8 Å². The zero-order chi connectivity index (χ0) is 21.0. The number of pyridine rings is 1. The number of nitrogens with one attached hydrogen (secondary N) is 1. The number of benzene rings is 3. The molecule has 152 valence electrons. The molecule has 0 saturated heterocycles. The van der Waals surface area contributed by atoms with E-state index in [2.05, 4.69) is 27.4 Å². The third-order valence-electron chi connectivity index (χ3n) is 4.86. The molecule has 5 aromatic rings. The Labute approximate surface area is 188 Å². The first-order chi connectivity index (χ1) is 15.2. The van der Waals surface area contributed by atoms with Crippen molar-refractivity contribution in [3.05, 3.63) is 84.9 Å². The summed E-state index contributed by atoms with van der Waals surface area (Å²) in [7, 11) is 0. The second-order valence-corrected chi connectivity index (χ2v) is 9.20. The van der Waals surface area contributed by atoms with E-state index in [0.29, 0.717) is 12.2 Å². The molecule has 6 heteroatoms. The standard InChI is InChI=1S/C25H19N3OS2/c29-23(15-16-30-24-14-11-17-5-1-2-6-20(17)27-24)26-19-12-9-18(10-13-19)25-28-21-7-3-4-8-22(21)31-25/h1-14H,15-16H2,(H,26,29). The van der Waals surface area contributed by atoms with E-state index < -0.39 is 0 Å². The molecule has 1 amide bonds. The molecule has 1 N–H and O–H groups in total. The molecule has 0 spiro atoms. The topological polar surface area (TPSA) is 54.9 Å². The zero-order valence-electron chi connectivity index (χ0n) is 16.6. The number of thiazole rings is 1. The third kappa shape index (κ3) is 4.60. The molecule has 2 heterocycles. The molecule has 0 aliphatic heterocycles. The zero-order valence-corrected chi connectivity index (χ0v) is 18.2. The smallest absolute Gasteiger partial charge is 0.225 e. The van der Waals surface area contributed by atoms with Gasteiger partial charge in [0.15, 0.2) is 0 Å². The van der Waals surface area contributed by atoms with Gasteiger partial charge in [-0.05, 0) is 48.5 Å². The fourth-order valence-corrected chi connectivity index (χ4v) is 5.09. The number of thioether (sulfide) groups is 1. The number of hydrogen-bond acceptors (Lipinski definition) is 5. The van der Waals surface area contributed by atoms with Crippen molar-refractivity contribution in [3.8, 4) is 10.6 Å². The highest BCUT2D eigenvalue weighted by Crippen LogP contribution is 2.30. The first kappa shape index (κ1) is 19.7. The molecule has 5 rings (SSSR count). The van der Waals surface area contributed by atoms with E-state index >= 15 is 0 Å². The van der Waals surface area contributed by atoms with Crippen molar-refractivity contribution in [1.29, 1.82) is 0 Å².